The molecule has 0 N–H and O–H groups in total. The van der Waals surface area contributed by atoms with Gasteiger partial charge in [-0.15, -0.1) is 0 Å². The second-order valence-electron chi connectivity index (χ2n) is 6.22. The van der Waals surface area contributed by atoms with Crippen molar-refractivity contribution in [1.82, 2.24) is 0 Å². The third-order valence-electron chi connectivity index (χ3n) is 4.17. The topological polar surface area (TPSA) is 34.1 Å². The van der Waals surface area contributed by atoms with Crippen molar-refractivity contribution < 1.29 is 9.59 Å². The molecule has 1 fully saturated rings. The minimum atomic E-state index is 0.0222. The van der Waals surface area contributed by atoms with Gasteiger partial charge in [0.15, 0.2) is 0 Å². The molecule has 0 amide bonds. The average Bonchev–Trinajstić information content (AvgIpc) is 2.21. The number of carbonyl (C=O) groups excluding carboxylic acids is 2. The van der Waals surface area contributed by atoms with Gasteiger partial charge in [-0.1, -0.05) is 32.8 Å². The van der Waals surface area contributed by atoms with Gasteiger partial charge in [-0.3, -0.25) is 4.79 Å². The summed E-state index contributed by atoms with van der Waals surface area (Å²) in [6, 6.07) is 0. The summed E-state index contributed by atoms with van der Waals surface area (Å²) in [5.74, 6) is 0.236. The second kappa shape index (κ2) is 5.16. The van der Waals surface area contributed by atoms with Crippen molar-refractivity contribution in [2.75, 3.05) is 0 Å². The maximum absolute atomic E-state index is 11.2. The number of carbonyl (C=O) groups is 2. The molecule has 17 heavy (non-hydrogen) atoms. The van der Waals surface area contributed by atoms with Gasteiger partial charge in [-0.05, 0) is 43.1 Å². The molecule has 0 bridgehead atoms. The fourth-order valence-corrected chi connectivity index (χ4v) is 3.21. The van der Waals surface area contributed by atoms with E-state index in [1.165, 1.54) is 12.0 Å². The summed E-state index contributed by atoms with van der Waals surface area (Å²) in [6.45, 7) is 8.24. The van der Waals surface area contributed by atoms with Gasteiger partial charge in [0.25, 0.3) is 0 Å². The lowest BCUT2D eigenvalue weighted by Crippen LogP contribution is -2.35. The van der Waals surface area contributed by atoms with E-state index in [0.717, 1.165) is 25.5 Å². The van der Waals surface area contributed by atoms with Crippen molar-refractivity contribution in [3.63, 3.8) is 0 Å². The summed E-state index contributed by atoms with van der Waals surface area (Å²) >= 11 is 0. The van der Waals surface area contributed by atoms with Crippen LogP contribution < -0.4 is 0 Å². The third kappa shape index (κ3) is 3.27. The minimum absolute atomic E-state index is 0.0222. The van der Waals surface area contributed by atoms with Gasteiger partial charge >= 0.3 is 0 Å². The first-order valence-electron chi connectivity index (χ1n) is 6.48. The maximum Gasteiger partial charge on any atom is 0.142 e. The molecule has 0 saturated heterocycles. The van der Waals surface area contributed by atoms with Crippen LogP contribution in [0, 0.1) is 10.8 Å². The van der Waals surface area contributed by atoms with Crippen LogP contribution in [0.15, 0.2) is 11.6 Å². The van der Waals surface area contributed by atoms with Crippen LogP contribution >= 0.6 is 0 Å². The highest BCUT2D eigenvalue weighted by atomic mass is 16.1. The Morgan fingerprint density at radius 1 is 1.29 bits per heavy atom. The molecule has 0 aromatic carbocycles. The normalized spacial score (nSPS) is 30.2. The standard InChI is InChI=1S/C15H24O2/c1-12(17)6-10-15(4)9-5-8-14(2,3)13(15)7-11-16/h7,11H,5-6,8-10H2,1-4H3/b13-7-. The van der Waals surface area contributed by atoms with Crippen LogP contribution in [0.5, 0.6) is 0 Å². The summed E-state index contributed by atoms with van der Waals surface area (Å²) < 4.78 is 0. The number of allylic oxidation sites excluding steroid dienone is 2. The largest absolute Gasteiger partial charge is 0.300 e. The zero-order valence-electron chi connectivity index (χ0n) is 11.5. The molecule has 1 aliphatic carbocycles. The van der Waals surface area contributed by atoms with Crippen molar-refractivity contribution in [1.29, 1.82) is 0 Å². The van der Waals surface area contributed by atoms with Crippen molar-refractivity contribution in [2.45, 2.75) is 59.8 Å². The zero-order chi connectivity index (χ0) is 13.1. The van der Waals surface area contributed by atoms with Crippen molar-refractivity contribution in [3.05, 3.63) is 11.6 Å². The van der Waals surface area contributed by atoms with E-state index in [9.17, 15) is 9.59 Å². The van der Waals surface area contributed by atoms with E-state index in [4.69, 9.17) is 0 Å². The molecule has 2 nitrogen and oxygen atoms in total. The van der Waals surface area contributed by atoms with Crippen LogP contribution in [0.2, 0.25) is 0 Å². The Morgan fingerprint density at radius 3 is 2.47 bits per heavy atom. The molecular weight excluding hydrogens is 212 g/mol. The summed E-state index contributed by atoms with van der Waals surface area (Å²) in [6.07, 6.45) is 7.51. The Kier molecular flexibility index (Phi) is 4.29. The highest BCUT2D eigenvalue weighted by molar-refractivity contribution is 5.75. The molecule has 0 heterocycles. The van der Waals surface area contributed by atoms with E-state index in [1.807, 2.05) is 0 Å². The Hall–Kier alpha value is -0.920. The predicted octanol–water partition coefficient (Wildman–Crippen LogP) is 3.70. The van der Waals surface area contributed by atoms with Gasteiger partial charge in [-0.25, -0.2) is 0 Å². The quantitative estimate of drug-likeness (QED) is 0.551. The van der Waals surface area contributed by atoms with Crippen LogP contribution in [0.1, 0.15) is 59.8 Å². The van der Waals surface area contributed by atoms with Gasteiger partial charge in [0.2, 0.25) is 0 Å². The highest BCUT2D eigenvalue weighted by Gasteiger charge is 2.41. The lowest BCUT2D eigenvalue weighted by atomic mass is 9.59. The fraction of sp³-hybridized carbons (Fsp3) is 0.733. The molecule has 0 spiro atoms. The Morgan fingerprint density at radius 2 is 1.94 bits per heavy atom. The average molecular weight is 236 g/mol. The summed E-state index contributed by atoms with van der Waals surface area (Å²) in [5, 5.41) is 0. The molecule has 0 radical (unpaired) electrons. The first-order chi connectivity index (χ1) is 7.82. The zero-order valence-corrected chi connectivity index (χ0v) is 11.5. The lowest BCUT2D eigenvalue weighted by Gasteiger charge is -2.46. The molecule has 1 atom stereocenters. The van der Waals surface area contributed by atoms with Crippen LogP contribution in [0.25, 0.3) is 0 Å². The molecular formula is C15H24O2. The van der Waals surface area contributed by atoms with Crippen LogP contribution in [0.3, 0.4) is 0 Å². The van der Waals surface area contributed by atoms with E-state index in [0.29, 0.717) is 6.42 Å². The Bertz CT molecular complexity index is 339. The van der Waals surface area contributed by atoms with Gasteiger partial charge < -0.3 is 4.79 Å². The highest BCUT2D eigenvalue weighted by Crippen LogP contribution is 2.52. The number of Topliss-reactive ketones (excluding diaryl/α,β-unsaturated/α-hetero) is 1. The van der Waals surface area contributed by atoms with Crippen molar-refractivity contribution in [2.24, 2.45) is 10.8 Å². The first kappa shape index (κ1) is 14.1. The molecule has 0 aromatic rings. The molecule has 96 valence electrons. The number of aldehydes is 1. The van der Waals surface area contributed by atoms with Crippen LogP contribution in [-0.2, 0) is 9.59 Å². The van der Waals surface area contributed by atoms with Crippen LogP contribution in [-0.4, -0.2) is 12.1 Å². The van der Waals surface area contributed by atoms with E-state index >= 15 is 0 Å². The van der Waals surface area contributed by atoms with E-state index in [1.54, 1.807) is 13.0 Å². The number of hydrogen-bond acceptors (Lipinski definition) is 2. The smallest absolute Gasteiger partial charge is 0.142 e. The van der Waals surface area contributed by atoms with E-state index in [2.05, 4.69) is 20.8 Å². The molecule has 1 aliphatic rings. The molecule has 1 saturated carbocycles. The maximum atomic E-state index is 11.2. The fourth-order valence-electron chi connectivity index (χ4n) is 3.21. The number of ketones is 1. The summed E-state index contributed by atoms with van der Waals surface area (Å²) in [4.78, 5) is 22.0. The van der Waals surface area contributed by atoms with Gasteiger partial charge in [0, 0.05) is 6.42 Å². The second-order valence-corrected chi connectivity index (χ2v) is 6.22. The predicted molar refractivity (Wildman–Crippen MR) is 69.8 cm³/mol. The van der Waals surface area contributed by atoms with Crippen molar-refractivity contribution >= 4 is 12.1 Å². The van der Waals surface area contributed by atoms with Crippen molar-refractivity contribution in [3.8, 4) is 0 Å². The molecule has 1 unspecified atom stereocenters. The summed E-state index contributed by atoms with van der Waals surface area (Å²) in [7, 11) is 0. The molecule has 1 rings (SSSR count). The first-order valence-corrected chi connectivity index (χ1v) is 6.48. The molecule has 0 aliphatic heterocycles. The monoisotopic (exact) mass is 236 g/mol. The summed E-state index contributed by atoms with van der Waals surface area (Å²) in [5.41, 5.74) is 1.34. The minimum Gasteiger partial charge on any atom is -0.300 e. The lowest BCUT2D eigenvalue weighted by molar-refractivity contribution is -0.117. The van der Waals surface area contributed by atoms with Crippen LogP contribution in [0.4, 0.5) is 0 Å². The molecule has 0 aromatic heterocycles. The van der Waals surface area contributed by atoms with E-state index in [-0.39, 0.29) is 16.6 Å². The molecule has 2 heteroatoms. The Labute approximate surface area is 104 Å². The van der Waals surface area contributed by atoms with Gasteiger partial charge in [0.05, 0.1) is 0 Å². The van der Waals surface area contributed by atoms with Gasteiger partial charge in [0.1, 0.15) is 12.1 Å². The number of rotatable bonds is 4. The Balaban J connectivity index is 2.97. The number of hydrogen-bond donors (Lipinski definition) is 0. The van der Waals surface area contributed by atoms with Gasteiger partial charge in [-0.2, -0.15) is 0 Å². The van der Waals surface area contributed by atoms with E-state index < -0.39 is 0 Å². The third-order valence-corrected chi connectivity index (χ3v) is 4.17. The SMILES string of the molecule is CC(=O)CCC1(C)CCCC(C)(C)/C1=C/C=O.